The van der Waals surface area contributed by atoms with E-state index in [1.807, 2.05) is 48.5 Å². The molecule has 2 aromatic rings. The number of halogens is 1. The molecule has 0 bridgehead atoms. The number of benzene rings is 2. The van der Waals surface area contributed by atoms with Crippen molar-refractivity contribution in [3.05, 3.63) is 57.2 Å². The lowest BCUT2D eigenvalue weighted by Gasteiger charge is -2.02. The van der Waals surface area contributed by atoms with Crippen LogP contribution < -0.4 is 10.1 Å². The zero-order chi connectivity index (χ0) is 14.1. The first-order valence-electron chi connectivity index (χ1n) is 6.14. The quantitative estimate of drug-likeness (QED) is 0.639. The van der Waals surface area contributed by atoms with Crippen molar-refractivity contribution in [1.82, 2.24) is 0 Å². The average molecular weight is 377 g/mol. The highest BCUT2D eigenvalue weighted by molar-refractivity contribution is 14.1. The maximum absolute atomic E-state index is 12.1. The van der Waals surface area contributed by atoms with E-state index in [9.17, 15) is 4.79 Å². The van der Waals surface area contributed by atoms with Gasteiger partial charge in [0.25, 0.3) is 5.91 Å². The minimum Gasteiger partial charge on any atom is -0.497 e. The number of amides is 1. The van der Waals surface area contributed by atoms with Crippen LogP contribution >= 0.6 is 22.6 Å². The predicted octanol–water partition coefficient (Wildman–Crippen LogP) is 3.79. The lowest BCUT2D eigenvalue weighted by Crippen LogP contribution is -2.03. The molecule has 2 aromatic carbocycles. The summed E-state index contributed by atoms with van der Waals surface area (Å²) in [6.45, 7) is 0. The molecule has 1 aliphatic rings. The van der Waals surface area contributed by atoms with Crippen molar-refractivity contribution in [3.8, 4) is 5.75 Å². The van der Waals surface area contributed by atoms with Crippen LogP contribution in [0.25, 0.3) is 11.6 Å². The Balaban J connectivity index is 2.08. The van der Waals surface area contributed by atoms with Crippen molar-refractivity contribution in [2.24, 2.45) is 0 Å². The molecule has 0 unspecified atom stereocenters. The summed E-state index contributed by atoms with van der Waals surface area (Å²) >= 11 is 2.25. The highest BCUT2D eigenvalue weighted by Crippen LogP contribution is 2.34. The van der Waals surface area contributed by atoms with Gasteiger partial charge in [0.05, 0.1) is 7.11 Å². The van der Waals surface area contributed by atoms with Crippen LogP contribution in [0.4, 0.5) is 5.69 Å². The summed E-state index contributed by atoms with van der Waals surface area (Å²) in [5, 5.41) is 2.88. The van der Waals surface area contributed by atoms with Crippen molar-refractivity contribution in [1.29, 1.82) is 0 Å². The predicted molar refractivity (Wildman–Crippen MR) is 88.7 cm³/mol. The van der Waals surface area contributed by atoms with Crippen molar-refractivity contribution >= 4 is 45.8 Å². The molecule has 4 heteroatoms. The number of rotatable bonds is 2. The molecule has 0 aliphatic carbocycles. The fourth-order valence-corrected chi connectivity index (χ4v) is 2.69. The molecule has 0 aromatic heterocycles. The molecule has 3 nitrogen and oxygen atoms in total. The second-order valence-electron chi connectivity index (χ2n) is 4.48. The summed E-state index contributed by atoms with van der Waals surface area (Å²) in [7, 11) is 1.63. The van der Waals surface area contributed by atoms with E-state index in [-0.39, 0.29) is 5.91 Å². The summed E-state index contributed by atoms with van der Waals surface area (Å²) in [5.74, 6) is 0.713. The topological polar surface area (TPSA) is 38.3 Å². The van der Waals surface area contributed by atoms with Crippen LogP contribution in [-0.4, -0.2) is 13.0 Å². The van der Waals surface area contributed by atoms with Gasteiger partial charge in [-0.3, -0.25) is 4.79 Å². The zero-order valence-corrected chi connectivity index (χ0v) is 13.0. The summed E-state index contributed by atoms with van der Waals surface area (Å²) in [5.41, 5.74) is 3.45. The summed E-state index contributed by atoms with van der Waals surface area (Å²) in [6, 6.07) is 13.6. The van der Waals surface area contributed by atoms with Gasteiger partial charge in [-0.15, -0.1) is 0 Å². The Kier molecular flexibility index (Phi) is 3.48. The number of anilines is 1. The molecule has 0 spiro atoms. The van der Waals surface area contributed by atoms with E-state index in [2.05, 4.69) is 27.9 Å². The van der Waals surface area contributed by atoms with Gasteiger partial charge in [0.15, 0.2) is 0 Å². The zero-order valence-electron chi connectivity index (χ0n) is 10.8. The fraction of sp³-hybridized carbons (Fsp3) is 0.0625. The number of ether oxygens (including phenoxy) is 1. The van der Waals surface area contributed by atoms with Gasteiger partial charge in [0, 0.05) is 20.4 Å². The van der Waals surface area contributed by atoms with Gasteiger partial charge in [-0.05, 0) is 64.6 Å². The van der Waals surface area contributed by atoms with E-state index in [0.29, 0.717) is 5.57 Å². The molecule has 1 aliphatic heterocycles. The minimum atomic E-state index is -0.0650. The Bertz CT molecular complexity index is 722. The molecular formula is C16H12INO2. The van der Waals surface area contributed by atoms with Crippen LogP contribution in [0.1, 0.15) is 11.1 Å². The van der Waals surface area contributed by atoms with Crippen LogP contribution in [0, 0.1) is 3.57 Å². The van der Waals surface area contributed by atoms with Crippen molar-refractivity contribution in [2.75, 3.05) is 12.4 Å². The molecule has 0 radical (unpaired) electrons. The largest absolute Gasteiger partial charge is 0.497 e. The standard InChI is InChI=1S/C16H12INO2/c1-20-12-4-2-3-10(7-12)8-14-13-9-11(17)5-6-15(13)18-16(14)19/h2-9H,1H3,(H,18,19). The second-order valence-corrected chi connectivity index (χ2v) is 5.72. The molecule has 0 atom stereocenters. The fourth-order valence-electron chi connectivity index (χ4n) is 2.20. The number of carbonyl (C=O) groups is 1. The first-order chi connectivity index (χ1) is 9.67. The molecule has 100 valence electrons. The average Bonchev–Trinajstić information content (AvgIpc) is 2.75. The second kappa shape index (κ2) is 5.28. The van der Waals surface area contributed by atoms with E-state index in [1.54, 1.807) is 7.11 Å². The van der Waals surface area contributed by atoms with Gasteiger partial charge in [-0.25, -0.2) is 0 Å². The smallest absolute Gasteiger partial charge is 0.256 e. The first kappa shape index (κ1) is 13.2. The summed E-state index contributed by atoms with van der Waals surface area (Å²) in [6.07, 6.45) is 1.89. The molecule has 0 saturated carbocycles. The van der Waals surface area contributed by atoms with Crippen molar-refractivity contribution < 1.29 is 9.53 Å². The highest BCUT2D eigenvalue weighted by Gasteiger charge is 2.23. The van der Waals surface area contributed by atoms with Gasteiger partial charge in [0.2, 0.25) is 0 Å². The van der Waals surface area contributed by atoms with E-state index in [0.717, 1.165) is 26.1 Å². The van der Waals surface area contributed by atoms with Gasteiger partial charge >= 0.3 is 0 Å². The van der Waals surface area contributed by atoms with Crippen LogP contribution in [0.15, 0.2) is 42.5 Å². The van der Waals surface area contributed by atoms with Crippen LogP contribution in [0.5, 0.6) is 5.75 Å². The highest BCUT2D eigenvalue weighted by atomic mass is 127. The van der Waals surface area contributed by atoms with E-state index < -0.39 is 0 Å². The SMILES string of the molecule is COc1cccc(C=C2C(=O)Nc3ccc(I)cc32)c1. The molecule has 20 heavy (non-hydrogen) atoms. The molecule has 1 amide bonds. The molecule has 0 saturated heterocycles. The van der Waals surface area contributed by atoms with Crippen molar-refractivity contribution in [3.63, 3.8) is 0 Å². The van der Waals surface area contributed by atoms with E-state index in [1.165, 1.54) is 0 Å². The molecule has 1 heterocycles. The number of hydrogen-bond donors (Lipinski definition) is 1. The number of carbonyl (C=O) groups excluding carboxylic acids is 1. The van der Waals surface area contributed by atoms with Crippen LogP contribution in [-0.2, 0) is 4.79 Å². The molecular weight excluding hydrogens is 365 g/mol. The maximum atomic E-state index is 12.1. The van der Waals surface area contributed by atoms with E-state index >= 15 is 0 Å². The van der Waals surface area contributed by atoms with Gasteiger partial charge in [0.1, 0.15) is 5.75 Å². The Morgan fingerprint density at radius 1 is 1.20 bits per heavy atom. The lowest BCUT2D eigenvalue weighted by atomic mass is 10.0. The van der Waals surface area contributed by atoms with Gasteiger partial charge < -0.3 is 10.1 Å². The Morgan fingerprint density at radius 3 is 2.85 bits per heavy atom. The normalized spacial score (nSPS) is 15.1. The van der Waals surface area contributed by atoms with Gasteiger partial charge in [-0.1, -0.05) is 12.1 Å². The third-order valence-electron chi connectivity index (χ3n) is 3.17. The van der Waals surface area contributed by atoms with E-state index in [4.69, 9.17) is 4.74 Å². The third-order valence-corrected chi connectivity index (χ3v) is 3.84. The van der Waals surface area contributed by atoms with Crippen LogP contribution in [0.2, 0.25) is 0 Å². The summed E-state index contributed by atoms with van der Waals surface area (Å²) < 4.78 is 6.31. The monoisotopic (exact) mass is 377 g/mol. The Labute approximate surface area is 130 Å². The number of hydrogen-bond acceptors (Lipinski definition) is 2. The molecule has 1 N–H and O–H groups in total. The first-order valence-corrected chi connectivity index (χ1v) is 7.22. The Hall–Kier alpha value is -1.82. The number of nitrogens with one attached hydrogen (secondary N) is 1. The maximum Gasteiger partial charge on any atom is 0.256 e. The van der Waals surface area contributed by atoms with Crippen LogP contribution in [0.3, 0.4) is 0 Å². The number of fused-ring (bicyclic) bond motifs is 1. The summed E-state index contributed by atoms with van der Waals surface area (Å²) in [4.78, 5) is 12.1. The number of methoxy groups -OCH3 is 1. The Morgan fingerprint density at radius 2 is 2.05 bits per heavy atom. The molecule has 3 rings (SSSR count). The lowest BCUT2D eigenvalue weighted by molar-refractivity contribution is -0.110. The van der Waals surface area contributed by atoms with Crippen molar-refractivity contribution in [2.45, 2.75) is 0 Å². The molecule has 0 fully saturated rings. The van der Waals surface area contributed by atoms with Gasteiger partial charge in [-0.2, -0.15) is 0 Å². The third kappa shape index (κ3) is 2.43. The minimum absolute atomic E-state index is 0.0650.